The van der Waals surface area contributed by atoms with Crippen molar-refractivity contribution in [2.75, 3.05) is 12.4 Å². The van der Waals surface area contributed by atoms with Crippen LogP contribution in [0.4, 0.5) is 5.00 Å². The number of nitrogens with two attached hydrogens (primary N) is 1. The highest BCUT2D eigenvalue weighted by molar-refractivity contribution is 7.17. The molecule has 1 aliphatic rings. The van der Waals surface area contributed by atoms with Crippen LogP contribution < -0.4 is 11.1 Å². The van der Waals surface area contributed by atoms with E-state index in [1.165, 1.54) is 11.9 Å². The third-order valence-electron chi connectivity index (χ3n) is 5.14. The molecule has 3 aromatic rings. The summed E-state index contributed by atoms with van der Waals surface area (Å²) < 4.78 is 0. The maximum Gasteiger partial charge on any atom is 0.256 e. The quantitative estimate of drug-likeness (QED) is 0.514. The fourth-order valence-corrected chi connectivity index (χ4v) is 5.13. The van der Waals surface area contributed by atoms with Gasteiger partial charge in [-0.3, -0.25) is 9.59 Å². The van der Waals surface area contributed by atoms with Gasteiger partial charge < -0.3 is 16.2 Å². The normalized spacial score (nSPS) is 11.6. The number of aliphatic hydroxyl groups is 1. The minimum absolute atomic E-state index is 0.167. The van der Waals surface area contributed by atoms with E-state index in [9.17, 15) is 14.7 Å². The molecule has 0 fully saturated rings. The Morgan fingerprint density at radius 3 is 2.70 bits per heavy atom. The Morgan fingerprint density at radius 1 is 1.27 bits per heavy atom. The number of thiophene rings is 1. The van der Waals surface area contributed by atoms with Crippen LogP contribution >= 0.6 is 22.9 Å². The summed E-state index contributed by atoms with van der Waals surface area (Å²) in [7, 11) is 1.50. The molecule has 0 radical (unpaired) electrons. The van der Waals surface area contributed by atoms with Crippen LogP contribution in [0.3, 0.4) is 0 Å². The van der Waals surface area contributed by atoms with Crippen molar-refractivity contribution >= 4 is 40.1 Å². The molecular formula is C23H23ClN2O3S. The Morgan fingerprint density at radius 2 is 2.03 bits per heavy atom. The molecule has 0 atom stereocenters. The number of carbonyl (C=O) groups is 2. The van der Waals surface area contributed by atoms with Gasteiger partial charge in [-0.2, -0.15) is 0 Å². The van der Waals surface area contributed by atoms with Crippen LogP contribution in [0.1, 0.15) is 42.3 Å². The first kappa shape index (κ1) is 22.2. The molecule has 0 spiro atoms. The van der Waals surface area contributed by atoms with Crippen LogP contribution in [0.15, 0.2) is 36.4 Å². The predicted octanol–water partition coefficient (Wildman–Crippen LogP) is 4.61. The highest BCUT2D eigenvalue weighted by Gasteiger charge is 2.25. The molecule has 156 valence electrons. The number of rotatable bonds is 4. The van der Waals surface area contributed by atoms with Crippen LogP contribution in [-0.2, 0) is 19.4 Å². The lowest BCUT2D eigenvalue weighted by atomic mass is 9.86. The molecule has 4 rings (SSSR count). The lowest BCUT2D eigenvalue weighted by Gasteiger charge is -2.18. The molecule has 0 unspecified atom stereocenters. The number of carbonyl (C=O) groups excluding carboxylic acids is 2. The van der Waals surface area contributed by atoms with Crippen molar-refractivity contribution in [3.63, 3.8) is 0 Å². The smallest absolute Gasteiger partial charge is 0.256 e. The van der Waals surface area contributed by atoms with E-state index < -0.39 is 0 Å². The summed E-state index contributed by atoms with van der Waals surface area (Å²) >= 11 is 7.69. The second kappa shape index (κ2) is 9.53. The fraction of sp³-hybridized carbons (Fsp3) is 0.217. The van der Waals surface area contributed by atoms with Crippen LogP contribution in [-0.4, -0.2) is 24.3 Å². The minimum atomic E-state index is -0.241. The first-order chi connectivity index (χ1) is 14.5. The van der Waals surface area contributed by atoms with E-state index in [4.69, 9.17) is 11.6 Å². The van der Waals surface area contributed by atoms with Gasteiger partial charge in [0, 0.05) is 26.6 Å². The summed E-state index contributed by atoms with van der Waals surface area (Å²) in [4.78, 5) is 25.3. The van der Waals surface area contributed by atoms with Crippen molar-refractivity contribution < 1.29 is 14.7 Å². The van der Waals surface area contributed by atoms with Crippen molar-refractivity contribution in [1.29, 1.82) is 0 Å². The first-order valence-electron chi connectivity index (χ1n) is 9.51. The third-order valence-corrected chi connectivity index (χ3v) is 6.76. The maximum absolute atomic E-state index is 12.7. The average molecular weight is 443 g/mol. The minimum Gasteiger partial charge on any atom is -0.392 e. The molecular weight excluding hydrogens is 420 g/mol. The molecule has 1 amide bonds. The molecule has 0 aliphatic heterocycles. The van der Waals surface area contributed by atoms with Crippen molar-refractivity contribution in [1.82, 2.24) is 0 Å². The second-order valence-electron chi connectivity index (χ2n) is 6.76. The van der Waals surface area contributed by atoms with Gasteiger partial charge in [-0.15, -0.1) is 11.3 Å². The van der Waals surface area contributed by atoms with E-state index in [0.29, 0.717) is 16.1 Å². The van der Waals surface area contributed by atoms with E-state index in [2.05, 4.69) is 11.1 Å². The molecule has 7 heteroatoms. The van der Waals surface area contributed by atoms with Gasteiger partial charge in [0.1, 0.15) is 6.29 Å². The van der Waals surface area contributed by atoms with Crippen molar-refractivity contribution in [3.05, 3.63) is 74.1 Å². The zero-order valence-corrected chi connectivity index (χ0v) is 18.4. The number of aryl methyl sites for hydroxylation is 1. The van der Waals surface area contributed by atoms with Gasteiger partial charge in [-0.25, -0.2) is 0 Å². The molecule has 0 saturated carbocycles. The Labute approximate surface area is 184 Å². The summed E-state index contributed by atoms with van der Waals surface area (Å²) in [5.74, 6) is -0.241. The lowest BCUT2D eigenvalue weighted by molar-refractivity contribution is 0.102. The van der Waals surface area contributed by atoms with Gasteiger partial charge in [0.25, 0.3) is 5.91 Å². The number of aldehydes is 1. The molecule has 30 heavy (non-hydrogen) atoms. The number of amides is 1. The van der Waals surface area contributed by atoms with Gasteiger partial charge >= 0.3 is 0 Å². The highest BCUT2D eigenvalue weighted by Crippen LogP contribution is 2.45. The largest absolute Gasteiger partial charge is 0.392 e. The van der Waals surface area contributed by atoms with Crippen molar-refractivity contribution in [2.24, 2.45) is 5.73 Å². The summed E-state index contributed by atoms with van der Waals surface area (Å²) in [5.41, 5.74) is 10.6. The van der Waals surface area contributed by atoms with Crippen LogP contribution in [0.25, 0.3) is 11.1 Å². The number of benzene rings is 2. The number of fused-ring (bicyclic) bond motifs is 3. The van der Waals surface area contributed by atoms with E-state index >= 15 is 0 Å². The van der Waals surface area contributed by atoms with Gasteiger partial charge in [0.2, 0.25) is 0 Å². The SMILES string of the molecule is CN.Cc1c(NC(=O)c2ccc(CO)c(Cl)c2)sc2c1-c1cccc(C=O)c1CC2. The Kier molecular flexibility index (Phi) is 7.05. The van der Waals surface area contributed by atoms with Crippen molar-refractivity contribution in [2.45, 2.75) is 26.4 Å². The summed E-state index contributed by atoms with van der Waals surface area (Å²) in [6.07, 6.45) is 2.59. The topological polar surface area (TPSA) is 92.4 Å². The van der Waals surface area contributed by atoms with E-state index in [1.54, 1.807) is 29.5 Å². The van der Waals surface area contributed by atoms with Gasteiger partial charge in [-0.05, 0) is 61.2 Å². The summed E-state index contributed by atoms with van der Waals surface area (Å²) in [5, 5.41) is 13.4. The number of nitrogens with one attached hydrogen (secondary N) is 1. The first-order valence-corrected chi connectivity index (χ1v) is 10.7. The second-order valence-corrected chi connectivity index (χ2v) is 8.28. The molecule has 1 aromatic heterocycles. The van der Waals surface area contributed by atoms with Crippen LogP contribution in [0, 0.1) is 6.92 Å². The van der Waals surface area contributed by atoms with Crippen molar-refractivity contribution in [3.8, 4) is 11.1 Å². The molecule has 5 nitrogen and oxygen atoms in total. The number of hydrogen-bond acceptors (Lipinski definition) is 5. The van der Waals surface area contributed by atoms with Crippen LogP contribution in [0.5, 0.6) is 0 Å². The molecule has 2 aromatic carbocycles. The maximum atomic E-state index is 12.7. The van der Waals surface area contributed by atoms with E-state index in [0.717, 1.165) is 51.9 Å². The molecule has 4 N–H and O–H groups in total. The highest BCUT2D eigenvalue weighted by atomic mass is 35.5. The van der Waals surface area contributed by atoms with E-state index in [1.807, 2.05) is 25.1 Å². The predicted molar refractivity (Wildman–Crippen MR) is 123 cm³/mol. The number of anilines is 1. The van der Waals surface area contributed by atoms with Crippen LogP contribution in [0.2, 0.25) is 5.02 Å². The molecule has 0 saturated heterocycles. The van der Waals surface area contributed by atoms with Gasteiger partial charge in [-0.1, -0.05) is 35.9 Å². The molecule has 1 heterocycles. The van der Waals surface area contributed by atoms with Gasteiger partial charge in [0.05, 0.1) is 11.6 Å². The number of aliphatic hydroxyl groups excluding tert-OH is 1. The molecule has 0 bridgehead atoms. The fourth-order valence-electron chi connectivity index (χ4n) is 3.68. The van der Waals surface area contributed by atoms with E-state index in [-0.39, 0.29) is 12.5 Å². The Bertz CT molecular complexity index is 1110. The summed E-state index contributed by atoms with van der Waals surface area (Å²) in [6, 6.07) is 10.7. The number of hydrogen-bond donors (Lipinski definition) is 3. The Balaban J connectivity index is 0.00000124. The van der Waals surface area contributed by atoms with Gasteiger partial charge in [0.15, 0.2) is 0 Å². The third kappa shape index (κ3) is 4.04. The zero-order chi connectivity index (χ0) is 21.8. The number of halogens is 1. The Hall–Kier alpha value is -2.51. The summed E-state index contributed by atoms with van der Waals surface area (Å²) in [6.45, 7) is 1.83. The zero-order valence-electron chi connectivity index (χ0n) is 16.8. The average Bonchev–Trinajstić information content (AvgIpc) is 3.10. The molecule has 1 aliphatic carbocycles. The monoisotopic (exact) mass is 442 g/mol. The lowest BCUT2D eigenvalue weighted by Crippen LogP contribution is -2.12. The standard InChI is InChI=1S/C22H18ClNO3S.CH5N/c1-12-20-17-4-2-3-14(10-25)16(17)7-8-19(20)28-22(12)24-21(27)13-5-6-15(11-26)18(23)9-13;1-2/h2-6,9-10,26H,7-8,11H2,1H3,(H,24,27);2H2,1H3.